The van der Waals surface area contributed by atoms with Gasteiger partial charge in [0.15, 0.2) is 10.7 Å². The zero-order chi connectivity index (χ0) is 27.4. The Hall–Kier alpha value is -3.24. The lowest BCUT2D eigenvalue weighted by molar-refractivity contribution is -0.141. The minimum atomic E-state index is -3.93. The van der Waals surface area contributed by atoms with Crippen molar-refractivity contribution in [3.05, 3.63) is 71.3 Å². The molecule has 2 fully saturated rings. The van der Waals surface area contributed by atoms with Crippen molar-refractivity contribution in [2.75, 3.05) is 13.1 Å². The normalized spacial score (nSPS) is 18.1. The maximum atomic E-state index is 14.0. The number of aryl methyl sites for hydroxylation is 1. The fraction of sp³-hybridized carbons (Fsp3) is 0.448. The molecule has 5 rings (SSSR count). The highest BCUT2D eigenvalue weighted by Gasteiger charge is 2.38. The molecule has 3 aromatic rings. The van der Waals surface area contributed by atoms with Crippen molar-refractivity contribution < 1.29 is 26.5 Å². The van der Waals surface area contributed by atoms with E-state index in [0.29, 0.717) is 24.9 Å². The maximum absolute atomic E-state index is 14.0. The topological polar surface area (TPSA) is 96.9 Å². The smallest absolute Gasteiger partial charge is 0.248 e. The van der Waals surface area contributed by atoms with Crippen LogP contribution in [0.15, 0.2) is 56.5 Å². The highest BCUT2D eigenvalue weighted by Crippen LogP contribution is 2.32. The van der Waals surface area contributed by atoms with Gasteiger partial charge in [0.05, 0.1) is 12.8 Å². The Kier molecular flexibility index (Phi) is 8.32. The summed E-state index contributed by atoms with van der Waals surface area (Å²) >= 11 is 0. The van der Waals surface area contributed by atoms with Gasteiger partial charge < -0.3 is 13.8 Å². The molecule has 1 aliphatic carbocycles. The van der Waals surface area contributed by atoms with Gasteiger partial charge in [0.25, 0.3) is 0 Å². The Balaban J connectivity index is 1.29. The molecule has 3 heterocycles. The van der Waals surface area contributed by atoms with Crippen LogP contribution in [0.2, 0.25) is 0 Å². The molecule has 39 heavy (non-hydrogen) atoms. The number of rotatable bonds is 8. The van der Waals surface area contributed by atoms with E-state index in [4.69, 9.17) is 8.94 Å². The fourth-order valence-corrected chi connectivity index (χ4v) is 7.35. The fourth-order valence-electron chi connectivity index (χ4n) is 5.63. The number of amides is 1. The van der Waals surface area contributed by atoms with Crippen LogP contribution in [-0.4, -0.2) is 47.8 Å². The Morgan fingerprint density at radius 1 is 1.08 bits per heavy atom. The quantitative estimate of drug-likeness (QED) is 0.357. The van der Waals surface area contributed by atoms with Gasteiger partial charge in [0.2, 0.25) is 15.9 Å². The molecule has 2 aromatic heterocycles. The number of hydrogen-bond acceptors (Lipinski definition) is 6. The predicted octanol–water partition coefficient (Wildman–Crippen LogP) is 5.65. The van der Waals surface area contributed by atoms with Crippen LogP contribution in [0.1, 0.15) is 67.7 Å². The summed E-state index contributed by atoms with van der Waals surface area (Å²) in [7, 11) is -3.93. The average molecular weight is 556 g/mol. The van der Waals surface area contributed by atoms with E-state index in [0.717, 1.165) is 31.4 Å². The van der Waals surface area contributed by atoms with E-state index in [2.05, 4.69) is 5.16 Å². The number of carbonyl (C=O) groups excluding carboxylic acids is 1. The number of aromatic nitrogens is 1. The molecule has 2 aliphatic rings. The average Bonchev–Trinajstić information content (AvgIpc) is 3.61. The summed E-state index contributed by atoms with van der Waals surface area (Å²) in [5.41, 5.74) is 0.551. The summed E-state index contributed by atoms with van der Waals surface area (Å²) in [5.74, 6) is 0.210. The number of piperidine rings is 1. The first kappa shape index (κ1) is 27.3. The van der Waals surface area contributed by atoms with E-state index in [1.54, 1.807) is 31.4 Å². The van der Waals surface area contributed by atoms with Crippen LogP contribution < -0.4 is 0 Å². The minimum absolute atomic E-state index is 0.0264. The third kappa shape index (κ3) is 6.01. The van der Waals surface area contributed by atoms with Crippen LogP contribution in [0.4, 0.5) is 4.39 Å². The Morgan fingerprint density at radius 3 is 2.51 bits per heavy atom. The molecular weight excluding hydrogens is 521 g/mol. The van der Waals surface area contributed by atoms with Gasteiger partial charge in [-0.25, -0.2) is 12.8 Å². The number of benzene rings is 1. The Morgan fingerprint density at radius 2 is 1.82 bits per heavy atom. The van der Waals surface area contributed by atoms with E-state index in [1.807, 2.05) is 17.0 Å². The number of halogens is 1. The SMILES string of the molecule is Cc1noc(/C=C/c2ccccc2F)c1S(=O)(=O)N1CCC(C(=O)N(Cc2ccco2)C2CCCCC2)CC1. The first-order valence-corrected chi connectivity index (χ1v) is 15.0. The van der Waals surface area contributed by atoms with Crippen LogP contribution in [-0.2, 0) is 21.4 Å². The lowest BCUT2D eigenvalue weighted by Gasteiger charge is -2.38. The number of hydrogen-bond donors (Lipinski definition) is 0. The number of carbonyl (C=O) groups is 1. The minimum Gasteiger partial charge on any atom is -0.467 e. The van der Waals surface area contributed by atoms with E-state index in [1.165, 1.54) is 28.9 Å². The zero-order valence-electron chi connectivity index (χ0n) is 22.1. The van der Waals surface area contributed by atoms with E-state index < -0.39 is 15.8 Å². The summed E-state index contributed by atoms with van der Waals surface area (Å²) < 4.78 is 53.6. The lowest BCUT2D eigenvalue weighted by atomic mass is 9.91. The van der Waals surface area contributed by atoms with Crippen LogP contribution >= 0.6 is 0 Å². The number of nitrogens with zero attached hydrogens (tertiary/aromatic N) is 3. The molecule has 1 aliphatic heterocycles. The molecular formula is C29H34FN3O5S. The van der Waals surface area contributed by atoms with Crippen molar-refractivity contribution in [2.45, 2.75) is 69.4 Å². The molecule has 1 saturated heterocycles. The predicted molar refractivity (Wildman–Crippen MR) is 144 cm³/mol. The second kappa shape index (κ2) is 11.9. The third-order valence-corrected chi connectivity index (χ3v) is 9.82. The van der Waals surface area contributed by atoms with Gasteiger partial charge in [-0.3, -0.25) is 4.79 Å². The largest absolute Gasteiger partial charge is 0.467 e. The van der Waals surface area contributed by atoms with Crippen LogP contribution in [0.3, 0.4) is 0 Å². The van der Waals surface area contributed by atoms with Crippen LogP contribution in [0.5, 0.6) is 0 Å². The van der Waals surface area contributed by atoms with Crippen LogP contribution in [0, 0.1) is 18.7 Å². The molecule has 1 saturated carbocycles. The molecule has 0 spiro atoms. The van der Waals surface area contributed by atoms with E-state index in [-0.39, 0.29) is 47.3 Å². The van der Waals surface area contributed by atoms with Crippen molar-refractivity contribution in [3.8, 4) is 0 Å². The van der Waals surface area contributed by atoms with Crippen molar-refractivity contribution in [3.63, 3.8) is 0 Å². The molecule has 0 N–H and O–H groups in total. The van der Waals surface area contributed by atoms with Gasteiger partial charge in [-0.1, -0.05) is 42.6 Å². The highest BCUT2D eigenvalue weighted by atomic mass is 32.2. The Labute approximate surface area is 228 Å². The molecule has 1 aromatic carbocycles. The molecule has 1 amide bonds. The van der Waals surface area contributed by atoms with Gasteiger partial charge in [-0.05, 0) is 63.0 Å². The van der Waals surface area contributed by atoms with Crippen molar-refractivity contribution in [1.29, 1.82) is 0 Å². The summed E-state index contributed by atoms with van der Waals surface area (Å²) in [6.07, 6.45) is 10.8. The first-order chi connectivity index (χ1) is 18.8. The summed E-state index contributed by atoms with van der Waals surface area (Å²) in [5, 5.41) is 3.87. The molecule has 0 bridgehead atoms. The zero-order valence-corrected chi connectivity index (χ0v) is 22.9. The number of sulfonamides is 1. The maximum Gasteiger partial charge on any atom is 0.248 e. The van der Waals surface area contributed by atoms with Crippen molar-refractivity contribution >= 4 is 28.1 Å². The van der Waals surface area contributed by atoms with Gasteiger partial charge in [-0.2, -0.15) is 4.31 Å². The van der Waals surface area contributed by atoms with Gasteiger partial charge >= 0.3 is 0 Å². The second-order valence-electron chi connectivity index (χ2n) is 10.3. The highest BCUT2D eigenvalue weighted by molar-refractivity contribution is 7.89. The standard InChI is InChI=1S/C29H34FN3O5S/c1-21-28(27(38-31-21)14-13-22-8-5-6-12-26(22)30)39(35,36)32-17-15-23(16-18-32)29(34)33(20-25-11-7-19-37-25)24-9-3-2-4-10-24/h5-8,11-14,19,23-24H,2-4,9-10,15-18,20H2,1H3/b14-13+. The van der Waals surface area contributed by atoms with E-state index >= 15 is 0 Å². The van der Waals surface area contributed by atoms with Crippen molar-refractivity contribution in [2.24, 2.45) is 5.92 Å². The molecule has 0 radical (unpaired) electrons. The van der Waals surface area contributed by atoms with Crippen LogP contribution in [0.25, 0.3) is 12.2 Å². The molecule has 208 valence electrons. The van der Waals surface area contributed by atoms with Crippen molar-refractivity contribution in [1.82, 2.24) is 14.4 Å². The Bertz CT molecular complexity index is 1400. The van der Waals surface area contributed by atoms with Gasteiger partial charge in [0, 0.05) is 30.6 Å². The summed E-state index contributed by atoms with van der Waals surface area (Å²) in [6.45, 7) is 2.45. The van der Waals surface area contributed by atoms with E-state index in [9.17, 15) is 17.6 Å². The molecule has 8 nitrogen and oxygen atoms in total. The second-order valence-corrected chi connectivity index (χ2v) is 12.2. The third-order valence-electron chi connectivity index (χ3n) is 7.76. The van der Waals surface area contributed by atoms with Gasteiger partial charge in [-0.15, -0.1) is 0 Å². The summed E-state index contributed by atoms with van der Waals surface area (Å²) in [6, 6.07) is 10.1. The number of furan rings is 1. The van der Waals surface area contributed by atoms with Gasteiger partial charge in [0.1, 0.15) is 17.3 Å². The lowest BCUT2D eigenvalue weighted by Crippen LogP contribution is -2.47. The molecule has 0 unspecified atom stereocenters. The molecule has 0 atom stereocenters. The summed E-state index contributed by atoms with van der Waals surface area (Å²) in [4.78, 5) is 15.7. The first-order valence-electron chi connectivity index (χ1n) is 13.6. The monoisotopic (exact) mass is 555 g/mol. The molecule has 10 heteroatoms.